The van der Waals surface area contributed by atoms with Crippen molar-refractivity contribution in [2.75, 3.05) is 13.7 Å². The highest BCUT2D eigenvalue weighted by molar-refractivity contribution is 6.02. The quantitative estimate of drug-likeness (QED) is 0.726. The Morgan fingerprint density at radius 3 is 2.93 bits per heavy atom. The van der Waals surface area contributed by atoms with Crippen LogP contribution in [0, 0.1) is 0 Å². The van der Waals surface area contributed by atoms with E-state index >= 15 is 0 Å². The largest absolute Gasteiger partial charge is 0.497 e. The van der Waals surface area contributed by atoms with Gasteiger partial charge in [0.2, 0.25) is 0 Å². The SMILES string of the molecule is C=C1CNC(=O)c2ccc(OC)cc21. The third-order valence-electron chi connectivity index (χ3n) is 2.31. The molecule has 0 spiro atoms. The van der Waals surface area contributed by atoms with Crippen molar-refractivity contribution in [1.29, 1.82) is 0 Å². The normalized spacial score (nSPS) is 14.6. The molecule has 1 aromatic rings. The molecule has 1 aliphatic rings. The van der Waals surface area contributed by atoms with Crippen LogP contribution in [0.5, 0.6) is 5.75 Å². The summed E-state index contributed by atoms with van der Waals surface area (Å²) in [5.74, 6) is 0.703. The molecule has 0 saturated carbocycles. The van der Waals surface area contributed by atoms with Crippen LogP contribution in [0.1, 0.15) is 15.9 Å². The second-order valence-electron chi connectivity index (χ2n) is 3.20. The number of rotatable bonds is 1. The van der Waals surface area contributed by atoms with Gasteiger partial charge in [-0.3, -0.25) is 4.79 Å². The van der Waals surface area contributed by atoms with Gasteiger partial charge in [-0.15, -0.1) is 0 Å². The monoisotopic (exact) mass is 189 g/mol. The molecule has 1 N–H and O–H groups in total. The molecular formula is C11H11NO2. The minimum absolute atomic E-state index is 0.0462. The smallest absolute Gasteiger partial charge is 0.252 e. The summed E-state index contributed by atoms with van der Waals surface area (Å²) in [7, 11) is 1.60. The van der Waals surface area contributed by atoms with Gasteiger partial charge in [0.15, 0.2) is 0 Å². The number of ether oxygens (including phenoxy) is 1. The number of nitrogens with one attached hydrogen (secondary N) is 1. The van der Waals surface area contributed by atoms with Gasteiger partial charge in [0, 0.05) is 12.1 Å². The third-order valence-corrected chi connectivity index (χ3v) is 2.31. The first kappa shape index (κ1) is 8.81. The Labute approximate surface area is 82.4 Å². The van der Waals surface area contributed by atoms with Gasteiger partial charge in [-0.1, -0.05) is 6.58 Å². The van der Waals surface area contributed by atoms with E-state index in [2.05, 4.69) is 11.9 Å². The van der Waals surface area contributed by atoms with Crippen LogP contribution in [0.2, 0.25) is 0 Å². The molecule has 0 fully saturated rings. The number of carbonyl (C=O) groups excluding carboxylic acids is 1. The van der Waals surface area contributed by atoms with E-state index in [-0.39, 0.29) is 5.91 Å². The fourth-order valence-electron chi connectivity index (χ4n) is 1.52. The van der Waals surface area contributed by atoms with Gasteiger partial charge in [-0.05, 0) is 29.3 Å². The van der Waals surface area contributed by atoms with Gasteiger partial charge >= 0.3 is 0 Å². The summed E-state index contributed by atoms with van der Waals surface area (Å²) < 4.78 is 5.09. The zero-order valence-corrected chi connectivity index (χ0v) is 7.96. The predicted molar refractivity (Wildman–Crippen MR) is 54.4 cm³/mol. The van der Waals surface area contributed by atoms with E-state index in [4.69, 9.17) is 4.74 Å². The molecule has 0 radical (unpaired) electrons. The van der Waals surface area contributed by atoms with E-state index in [0.717, 1.165) is 16.9 Å². The first-order valence-corrected chi connectivity index (χ1v) is 4.37. The van der Waals surface area contributed by atoms with Crippen LogP contribution in [0.15, 0.2) is 24.8 Å². The summed E-state index contributed by atoms with van der Waals surface area (Å²) in [5, 5.41) is 2.75. The van der Waals surface area contributed by atoms with Crippen LogP contribution < -0.4 is 10.1 Å². The Morgan fingerprint density at radius 2 is 2.21 bits per heavy atom. The van der Waals surface area contributed by atoms with Crippen LogP contribution in [0.3, 0.4) is 0 Å². The van der Waals surface area contributed by atoms with E-state index in [1.54, 1.807) is 19.2 Å². The average Bonchev–Trinajstić information content (AvgIpc) is 2.23. The Hall–Kier alpha value is -1.77. The Morgan fingerprint density at radius 1 is 1.43 bits per heavy atom. The molecule has 3 heteroatoms. The molecule has 0 atom stereocenters. The summed E-state index contributed by atoms with van der Waals surface area (Å²) in [5.41, 5.74) is 2.47. The standard InChI is InChI=1S/C11H11NO2/c1-7-6-12-11(13)9-4-3-8(14-2)5-10(7)9/h3-5H,1,6H2,2H3,(H,12,13). The fourth-order valence-corrected chi connectivity index (χ4v) is 1.52. The summed E-state index contributed by atoms with van der Waals surface area (Å²) >= 11 is 0. The fraction of sp³-hybridized carbons (Fsp3) is 0.182. The Bertz CT molecular complexity index is 410. The highest BCUT2D eigenvalue weighted by Gasteiger charge is 2.19. The Balaban J connectivity index is 2.56. The Kier molecular flexibility index (Phi) is 2.00. The van der Waals surface area contributed by atoms with E-state index in [1.165, 1.54) is 0 Å². The summed E-state index contributed by atoms with van der Waals surface area (Å²) in [4.78, 5) is 11.4. The molecule has 1 aromatic carbocycles. The predicted octanol–water partition coefficient (Wildman–Crippen LogP) is 1.45. The van der Waals surface area contributed by atoms with E-state index in [0.29, 0.717) is 12.1 Å². The summed E-state index contributed by atoms with van der Waals surface area (Å²) in [6, 6.07) is 5.38. The molecular weight excluding hydrogens is 178 g/mol. The lowest BCUT2D eigenvalue weighted by Gasteiger charge is -2.19. The number of benzene rings is 1. The number of methoxy groups -OCH3 is 1. The maximum absolute atomic E-state index is 11.4. The number of hydrogen-bond acceptors (Lipinski definition) is 2. The first-order valence-electron chi connectivity index (χ1n) is 4.37. The first-order chi connectivity index (χ1) is 6.72. The molecule has 14 heavy (non-hydrogen) atoms. The average molecular weight is 189 g/mol. The molecule has 0 aliphatic carbocycles. The van der Waals surface area contributed by atoms with Gasteiger partial charge in [0.25, 0.3) is 5.91 Å². The lowest BCUT2D eigenvalue weighted by Crippen LogP contribution is -2.30. The van der Waals surface area contributed by atoms with Gasteiger partial charge in [-0.2, -0.15) is 0 Å². The molecule has 72 valence electrons. The zero-order valence-electron chi connectivity index (χ0n) is 7.96. The van der Waals surface area contributed by atoms with Crippen LogP contribution in [-0.2, 0) is 0 Å². The van der Waals surface area contributed by atoms with Gasteiger partial charge in [-0.25, -0.2) is 0 Å². The molecule has 1 aliphatic heterocycles. The molecule has 0 saturated heterocycles. The van der Waals surface area contributed by atoms with E-state index < -0.39 is 0 Å². The lowest BCUT2D eigenvalue weighted by atomic mass is 9.96. The van der Waals surface area contributed by atoms with Gasteiger partial charge < -0.3 is 10.1 Å². The molecule has 2 rings (SSSR count). The number of carbonyl (C=O) groups is 1. The van der Waals surface area contributed by atoms with Crippen molar-refractivity contribution in [3.63, 3.8) is 0 Å². The van der Waals surface area contributed by atoms with Crippen molar-refractivity contribution in [2.24, 2.45) is 0 Å². The topological polar surface area (TPSA) is 38.3 Å². The molecule has 1 amide bonds. The van der Waals surface area contributed by atoms with Crippen LogP contribution in [0.4, 0.5) is 0 Å². The van der Waals surface area contributed by atoms with Gasteiger partial charge in [0.1, 0.15) is 5.75 Å². The minimum Gasteiger partial charge on any atom is -0.497 e. The van der Waals surface area contributed by atoms with Crippen LogP contribution >= 0.6 is 0 Å². The molecule has 1 heterocycles. The molecule has 0 aromatic heterocycles. The second-order valence-corrected chi connectivity index (χ2v) is 3.20. The second kappa shape index (κ2) is 3.18. The van der Waals surface area contributed by atoms with Crippen molar-refractivity contribution in [3.8, 4) is 5.75 Å². The van der Waals surface area contributed by atoms with E-state index in [9.17, 15) is 4.79 Å². The highest BCUT2D eigenvalue weighted by Crippen LogP contribution is 2.25. The highest BCUT2D eigenvalue weighted by atomic mass is 16.5. The summed E-state index contributed by atoms with van der Waals surface area (Å²) in [6.07, 6.45) is 0. The van der Waals surface area contributed by atoms with Crippen LogP contribution in [0.25, 0.3) is 5.57 Å². The lowest BCUT2D eigenvalue weighted by molar-refractivity contribution is 0.0955. The third kappa shape index (κ3) is 1.27. The molecule has 3 nitrogen and oxygen atoms in total. The molecule has 0 bridgehead atoms. The van der Waals surface area contributed by atoms with Crippen molar-refractivity contribution >= 4 is 11.5 Å². The van der Waals surface area contributed by atoms with Crippen molar-refractivity contribution < 1.29 is 9.53 Å². The van der Waals surface area contributed by atoms with Crippen molar-refractivity contribution in [2.45, 2.75) is 0 Å². The number of fused-ring (bicyclic) bond motifs is 1. The van der Waals surface area contributed by atoms with E-state index in [1.807, 2.05) is 6.07 Å². The van der Waals surface area contributed by atoms with Gasteiger partial charge in [0.05, 0.1) is 7.11 Å². The van der Waals surface area contributed by atoms with Crippen molar-refractivity contribution in [1.82, 2.24) is 5.32 Å². The number of amides is 1. The maximum Gasteiger partial charge on any atom is 0.252 e. The summed E-state index contributed by atoms with van der Waals surface area (Å²) in [6.45, 7) is 4.41. The maximum atomic E-state index is 11.4. The van der Waals surface area contributed by atoms with Crippen molar-refractivity contribution in [3.05, 3.63) is 35.9 Å². The number of hydrogen-bond donors (Lipinski definition) is 1. The minimum atomic E-state index is -0.0462. The molecule has 0 unspecified atom stereocenters. The zero-order chi connectivity index (χ0) is 10.1. The van der Waals surface area contributed by atoms with Crippen LogP contribution in [-0.4, -0.2) is 19.6 Å².